The zero-order valence-corrected chi connectivity index (χ0v) is 86.8. The Labute approximate surface area is 793 Å². The smallest absolute Gasteiger partial charge is 0.150 e. The molecule has 0 aliphatic rings. The maximum Gasteiger partial charge on any atom is 0.150 e. The van der Waals surface area contributed by atoms with Crippen molar-refractivity contribution in [2.45, 2.75) is 473 Å². The molecule has 9 rings (SSSR count). The van der Waals surface area contributed by atoms with Gasteiger partial charge in [-0.2, -0.15) is 0 Å². The van der Waals surface area contributed by atoms with Crippen LogP contribution in [0.2, 0.25) is 0 Å². The van der Waals surface area contributed by atoms with Gasteiger partial charge in [-0.05, 0) is 202 Å². The quantitative estimate of drug-likeness (QED) is 0.0282. The summed E-state index contributed by atoms with van der Waals surface area (Å²) in [7, 11) is 0. The van der Waals surface area contributed by atoms with E-state index in [0.717, 1.165) is 93.3 Å². The molecule has 0 bridgehead atoms. The first kappa shape index (κ1) is 104. The van der Waals surface area contributed by atoms with Crippen molar-refractivity contribution in [3.63, 3.8) is 0 Å². The number of unbranched alkanes of at least 4 members (excludes halogenated alkanes) is 45. The van der Waals surface area contributed by atoms with Gasteiger partial charge in [-0.15, -0.1) is 102 Å². The monoisotopic (exact) mass is 1850 g/mol. The van der Waals surface area contributed by atoms with Gasteiger partial charge < -0.3 is 0 Å². The van der Waals surface area contributed by atoms with Crippen molar-refractivity contribution in [1.29, 1.82) is 0 Å². The van der Waals surface area contributed by atoms with Gasteiger partial charge in [-0.3, -0.25) is 14.4 Å². The SMILES string of the molecule is CCCCCCCCc1cc(-c2sc(-c3cc(C=O)cs3)c(CCCCCCCC)c2CCCCCCCC)sc1C(c1sc(-c2sc(-c3cc(C=O)cs3)c(CCCCCCCC)c2CCCCCCCC)cc1CCCCCCCC)c1sc(-c2sc(-c3cc(C=O)cs3)c(CCCCCCCC)c2CCCCCCCC)cc1CCCCCCCC. The summed E-state index contributed by atoms with van der Waals surface area (Å²) in [4.78, 5) is 60.5. The van der Waals surface area contributed by atoms with Crippen molar-refractivity contribution in [2.24, 2.45) is 0 Å². The Morgan fingerprint density at radius 2 is 0.371 bits per heavy atom. The van der Waals surface area contributed by atoms with Crippen LogP contribution in [0.3, 0.4) is 0 Å². The second-order valence-electron chi connectivity index (χ2n) is 36.8. The number of carbonyl (C=O) groups is 3. The summed E-state index contributed by atoms with van der Waals surface area (Å²) in [6.07, 6.45) is 81.9. The first-order chi connectivity index (χ1) is 61.1. The summed E-state index contributed by atoms with van der Waals surface area (Å²) < 4.78 is 0. The lowest BCUT2D eigenvalue weighted by Crippen LogP contribution is -2.06. The Hall–Kier alpha value is -3.69. The summed E-state index contributed by atoms with van der Waals surface area (Å²) in [5.74, 6) is 0.0426. The Kier molecular flexibility index (Phi) is 51.9. The van der Waals surface area contributed by atoms with Crippen LogP contribution in [-0.2, 0) is 57.8 Å². The van der Waals surface area contributed by atoms with E-state index in [1.807, 2.05) is 0 Å². The molecule has 9 heterocycles. The predicted octanol–water partition coefficient (Wildman–Crippen LogP) is 41.0. The fourth-order valence-corrected chi connectivity index (χ4v) is 30.8. The Morgan fingerprint density at radius 1 is 0.202 bits per heavy atom. The topological polar surface area (TPSA) is 51.2 Å². The van der Waals surface area contributed by atoms with Gasteiger partial charge in [0.25, 0.3) is 0 Å². The Morgan fingerprint density at radius 3 is 0.548 bits per heavy atom. The third-order valence-electron chi connectivity index (χ3n) is 26.4. The van der Waals surface area contributed by atoms with Gasteiger partial charge in [0.1, 0.15) is 0 Å². The van der Waals surface area contributed by atoms with Crippen LogP contribution in [0.4, 0.5) is 0 Å². The molecule has 0 aliphatic heterocycles. The lowest BCUT2D eigenvalue weighted by molar-refractivity contribution is 0.111. The standard InChI is InChI=1S/C112H166O3S9/c1-10-19-28-37-46-55-64-88-76-100(110-94(70-61-52-43-34-25-16-7)91(67-58-49-40-31-22-13-4)107(122-110)97-73-85(79-113)82-116-97)119-104(88)103(105-89(65-56-47-38-29-20-11-2)77-101(120-105)111-95(71-62-53-44-35-26-17-8)92(68-59-50-41-32-23-14-5)108(123-111)98-74-86(80-114)83-117-98)106-90(66-57-48-39-30-21-12-3)78-102(121-106)112-96(72-63-54-45-36-27-18-9)93(69-60-51-42-33-24-15-6)109(124-112)99-75-87(81-115)84-118-99/h73-84,103H,10-72H2,1-9H3. The highest BCUT2D eigenvalue weighted by atomic mass is 32.1. The summed E-state index contributed by atoms with van der Waals surface area (Å²) >= 11 is 18.4. The average Bonchev–Trinajstić information content (AvgIpc) is 1.58. The number of aldehydes is 3. The molecule has 0 atom stereocenters. The Balaban J connectivity index is 1.41. The second-order valence-corrected chi connectivity index (χ2v) is 45.9. The molecule has 0 unspecified atom stereocenters. The Bertz CT molecular complexity index is 3920. The van der Waals surface area contributed by atoms with Crippen LogP contribution in [0.25, 0.3) is 58.5 Å². The highest BCUT2D eigenvalue weighted by Crippen LogP contribution is 2.58. The maximum atomic E-state index is 12.8. The molecule has 9 aromatic rings. The molecule has 12 heteroatoms. The molecule has 686 valence electrons. The van der Waals surface area contributed by atoms with Crippen molar-refractivity contribution in [1.82, 2.24) is 0 Å². The van der Waals surface area contributed by atoms with E-state index in [4.69, 9.17) is 0 Å². The second kappa shape index (κ2) is 61.9. The van der Waals surface area contributed by atoms with Crippen molar-refractivity contribution in [3.8, 4) is 58.5 Å². The van der Waals surface area contributed by atoms with E-state index in [1.165, 1.54) is 405 Å². The van der Waals surface area contributed by atoms with E-state index in [1.54, 1.807) is 98.7 Å². The molecule has 124 heavy (non-hydrogen) atoms. The van der Waals surface area contributed by atoms with Crippen molar-refractivity contribution in [2.75, 3.05) is 0 Å². The summed E-state index contributed by atoms with van der Waals surface area (Å²) in [5, 5.41) is 6.37. The van der Waals surface area contributed by atoms with E-state index in [-0.39, 0.29) is 5.92 Å². The van der Waals surface area contributed by atoms with Crippen LogP contribution in [0, 0.1) is 0 Å². The first-order valence-electron chi connectivity index (χ1n) is 51.6. The van der Waals surface area contributed by atoms with Crippen molar-refractivity contribution in [3.05, 3.63) is 134 Å². The minimum absolute atomic E-state index is 0.0426. The number of hydrogen-bond donors (Lipinski definition) is 0. The molecule has 0 N–H and O–H groups in total. The van der Waals surface area contributed by atoms with Crippen molar-refractivity contribution < 1.29 is 14.4 Å². The zero-order chi connectivity index (χ0) is 87.6. The molecule has 0 radical (unpaired) electrons. The van der Waals surface area contributed by atoms with Gasteiger partial charge >= 0.3 is 0 Å². The number of hydrogen-bond acceptors (Lipinski definition) is 12. The van der Waals surface area contributed by atoms with Gasteiger partial charge in [0, 0.05) is 106 Å². The van der Waals surface area contributed by atoms with E-state index in [2.05, 4.69) is 183 Å². The van der Waals surface area contributed by atoms with Gasteiger partial charge in [0.15, 0.2) is 18.9 Å². The lowest BCUT2D eigenvalue weighted by atomic mass is 9.90. The lowest BCUT2D eigenvalue weighted by Gasteiger charge is -2.20. The zero-order valence-electron chi connectivity index (χ0n) is 79.5. The molecule has 0 fully saturated rings. The molecule has 3 nitrogen and oxygen atoms in total. The fourth-order valence-electron chi connectivity index (χ4n) is 19.0. The summed E-state index contributed by atoms with van der Waals surface area (Å²) in [5.41, 5.74) is 16.8. The van der Waals surface area contributed by atoms with E-state index >= 15 is 0 Å². The minimum atomic E-state index is 0.0426. The number of carbonyl (C=O) groups excluding carboxylic acids is 3. The highest BCUT2D eigenvalue weighted by molar-refractivity contribution is 7.29. The molecular weight excluding hydrogens is 1680 g/mol. The summed E-state index contributed by atoms with van der Waals surface area (Å²) in [6, 6.07) is 15.2. The van der Waals surface area contributed by atoms with E-state index < -0.39 is 0 Å². The van der Waals surface area contributed by atoms with Gasteiger partial charge in [0.2, 0.25) is 0 Å². The van der Waals surface area contributed by atoms with Gasteiger partial charge in [0.05, 0.1) is 5.92 Å². The molecule has 0 aliphatic carbocycles. The molecular formula is C112H166O3S9. The molecule has 9 aromatic heterocycles. The number of aryl methyl sites for hydroxylation is 3. The van der Waals surface area contributed by atoms with Gasteiger partial charge in [-0.25, -0.2) is 0 Å². The van der Waals surface area contributed by atoms with Crippen molar-refractivity contribution >= 4 is 121 Å². The van der Waals surface area contributed by atoms with Crippen LogP contribution >= 0.6 is 102 Å². The fraction of sp³-hybridized carbons (Fsp3) is 0.652. The van der Waals surface area contributed by atoms with Crippen LogP contribution in [0.5, 0.6) is 0 Å². The molecule has 0 amide bonds. The minimum Gasteiger partial charge on any atom is -0.298 e. The predicted molar refractivity (Wildman–Crippen MR) is 564 cm³/mol. The first-order valence-corrected chi connectivity index (χ1v) is 59.1. The van der Waals surface area contributed by atoms with E-state index in [9.17, 15) is 14.4 Å². The van der Waals surface area contributed by atoms with E-state index in [0.29, 0.717) is 0 Å². The number of thiophene rings is 9. The van der Waals surface area contributed by atoms with Crippen LogP contribution in [-0.4, -0.2) is 18.9 Å². The van der Waals surface area contributed by atoms with Crippen LogP contribution in [0.15, 0.2) is 52.5 Å². The average molecular weight is 1850 g/mol. The summed E-state index contributed by atoms with van der Waals surface area (Å²) in [6.45, 7) is 21.2. The molecule has 0 spiro atoms. The largest absolute Gasteiger partial charge is 0.298 e. The number of rotatable bonds is 75. The normalized spacial score (nSPS) is 11.9. The third-order valence-corrected chi connectivity index (χ3v) is 37.8. The van der Waals surface area contributed by atoms with Crippen LogP contribution < -0.4 is 0 Å². The molecule has 0 saturated carbocycles. The molecule has 0 saturated heterocycles. The third kappa shape index (κ3) is 33.2. The van der Waals surface area contributed by atoms with Crippen LogP contribution in [0.1, 0.15) is 511 Å². The maximum absolute atomic E-state index is 12.8. The molecule has 0 aromatic carbocycles. The van der Waals surface area contributed by atoms with Gasteiger partial charge in [-0.1, -0.05) is 351 Å². The highest BCUT2D eigenvalue weighted by Gasteiger charge is 2.35.